The highest BCUT2D eigenvalue weighted by Gasteiger charge is 1.92. The molecule has 0 aromatic rings. The Balaban J connectivity index is 2.88. The van der Waals surface area contributed by atoms with Crippen LogP contribution in [0.25, 0.3) is 0 Å². The molecule has 5 heteroatoms. The minimum Gasteiger partial charge on any atom is -0.379 e. The summed E-state index contributed by atoms with van der Waals surface area (Å²) in [5, 5.41) is 0. The summed E-state index contributed by atoms with van der Waals surface area (Å²) < 4.78 is 21.5. The maximum atomic E-state index is 5.40. The second-order valence-corrected chi connectivity index (χ2v) is 4.68. The maximum absolute atomic E-state index is 5.40. The number of hydrogen-bond donors (Lipinski definition) is 1. The van der Waals surface area contributed by atoms with E-state index in [4.69, 9.17) is 18.9 Å². The topological polar surface area (TPSA) is 36.9 Å². The molecule has 0 fully saturated rings. The van der Waals surface area contributed by atoms with Gasteiger partial charge in [-0.05, 0) is 25.0 Å². The van der Waals surface area contributed by atoms with Crippen molar-refractivity contribution >= 4 is 12.6 Å². The molecule has 0 bridgehead atoms. The van der Waals surface area contributed by atoms with Crippen molar-refractivity contribution in [1.82, 2.24) is 0 Å². The Morgan fingerprint density at radius 1 is 0.579 bits per heavy atom. The molecular formula is C14H30O4S. The molecule has 0 aliphatic heterocycles. The quantitative estimate of drug-likeness (QED) is 0.351. The molecule has 19 heavy (non-hydrogen) atoms. The molecule has 0 atom stereocenters. The van der Waals surface area contributed by atoms with Gasteiger partial charge in [0.05, 0.1) is 39.6 Å². The second-order valence-electron chi connectivity index (χ2n) is 4.23. The average molecular weight is 294 g/mol. The lowest BCUT2D eigenvalue weighted by atomic mass is 10.4. The molecule has 0 aromatic carbocycles. The van der Waals surface area contributed by atoms with E-state index in [1.807, 2.05) is 0 Å². The lowest BCUT2D eigenvalue weighted by Gasteiger charge is -2.07. The Labute approximate surface area is 123 Å². The van der Waals surface area contributed by atoms with E-state index in [2.05, 4.69) is 19.6 Å². The summed E-state index contributed by atoms with van der Waals surface area (Å²) in [6.45, 7) is 7.65. The van der Waals surface area contributed by atoms with Crippen molar-refractivity contribution in [2.75, 3.05) is 58.6 Å². The molecule has 0 rings (SSSR count). The number of unbranched alkanes of at least 4 members (excludes halogenated alkanes) is 2. The fraction of sp³-hybridized carbons (Fsp3) is 1.00. The molecule has 0 N–H and O–H groups in total. The molecule has 0 heterocycles. The highest BCUT2D eigenvalue weighted by atomic mass is 32.1. The first kappa shape index (κ1) is 19.2. The van der Waals surface area contributed by atoms with Crippen LogP contribution >= 0.6 is 12.6 Å². The van der Waals surface area contributed by atoms with Gasteiger partial charge >= 0.3 is 0 Å². The van der Waals surface area contributed by atoms with Gasteiger partial charge in [-0.1, -0.05) is 13.3 Å². The van der Waals surface area contributed by atoms with Crippen LogP contribution < -0.4 is 0 Å². The predicted octanol–water partition coefficient (Wildman–Crippen LogP) is 2.56. The second kappa shape index (κ2) is 18.2. The summed E-state index contributed by atoms with van der Waals surface area (Å²) in [6, 6.07) is 0. The highest BCUT2D eigenvalue weighted by molar-refractivity contribution is 7.80. The average Bonchev–Trinajstić information content (AvgIpc) is 2.43. The molecule has 0 aromatic heterocycles. The van der Waals surface area contributed by atoms with Crippen LogP contribution in [0.5, 0.6) is 0 Å². The van der Waals surface area contributed by atoms with Gasteiger partial charge in [-0.25, -0.2) is 0 Å². The van der Waals surface area contributed by atoms with Crippen LogP contribution in [-0.4, -0.2) is 58.6 Å². The smallest absolute Gasteiger partial charge is 0.0701 e. The summed E-state index contributed by atoms with van der Waals surface area (Å²) in [4.78, 5) is 0. The van der Waals surface area contributed by atoms with Crippen LogP contribution in [0.15, 0.2) is 0 Å². The molecule has 0 saturated heterocycles. The van der Waals surface area contributed by atoms with E-state index in [9.17, 15) is 0 Å². The van der Waals surface area contributed by atoms with Crippen molar-refractivity contribution in [1.29, 1.82) is 0 Å². The maximum Gasteiger partial charge on any atom is 0.0701 e. The molecule has 0 saturated carbocycles. The Morgan fingerprint density at radius 3 is 1.42 bits per heavy atom. The zero-order valence-electron chi connectivity index (χ0n) is 12.3. The third-order valence-electron chi connectivity index (χ3n) is 2.46. The van der Waals surface area contributed by atoms with Crippen LogP contribution in [0, 0.1) is 0 Å². The summed E-state index contributed by atoms with van der Waals surface area (Å²) in [7, 11) is 0. The van der Waals surface area contributed by atoms with E-state index < -0.39 is 0 Å². The fourth-order valence-corrected chi connectivity index (χ4v) is 1.55. The summed E-state index contributed by atoms with van der Waals surface area (Å²) in [5.74, 6) is 0.930. The van der Waals surface area contributed by atoms with Crippen LogP contribution in [-0.2, 0) is 18.9 Å². The molecular weight excluding hydrogens is 264 g/mol. The Bertz CT molecular complexity index is 142. The number of ether oxygens (including phenoxy) is 4. The van der Waals surface area contributed by atoms with Gasteiger partial charge < -0.3 is 18.9 Å². The summed E-state index contributed by atoms with van der Waals surface area (Å²) in [6.07, 6.45) is 4.48. The first-order valence-corrected chi connectivity index (χ1v) is 7.97. The van der Waals surface area contributed by atoms with E-state index in [1.165, 1.54) is 6.42 Å². The van der Waals surface area contributed by atoms with Gasteiger partial charge in [-0.2, -0.15) is 12.6 Å². The molecule has 4 nitrogen and oxygen atoms in total. The minimum atomic E-state index is 0.620. The Hall–Kier alpha value is 0.190. The van der Waals surface area contributed by atoms with Crippen molar-refractivity contribution in [3.63, 3.8) is 0 Å². The largest absolute Gasteiger partial charge is 0.379 e. The third-order valence-corrected chi connectivity index (χ3v) is 2.77. The SMILES string of the molecule is CCCCOCCOCCOCCOCCCCS. The number of rotatable bonds is 16. The van der Waals surface area contributed by atoms with Crippen molar-refractivity contribution in [3.8, 4) is 0 Å². The molecule has 0 unspecified atom stereocenters. The van der Waals surface area contributed by atoms with Crippen molar-refractivity contribution in [2.24, 2.45) is 0 Å². The third kappa shape index (κ3) is 18.2. The first-order valence-electron chi connectivity index (χ1n) is 7.33. The highest BCUT2D eigenvalue weighted by Crippen LogP contribution is 1.92. The van der Waals surface area contributed by atoms with E-state index in [0.717, 1.165) is 38.2 Å². The Kier molecular flexibility index (Phi) is 18.4. The van der Waals surface area contributed by atoms with E-state index in [1.54, 1.807) is 0 Å². The lowest BCUT2D eigenvalue weighted by molar-refractivity contribution is -0.00225. The monoisotopic (exact) mass is 294 g/mol. The van der Waals surface area contributed by atoms with E-state index in [-0.39, 0.29) is 0 Å². The van der Waals surface area contributed by atoms with E-state index in [0.29, 0.717) is 39.6 Å². The lowest BCUT2D eigenvalue weighted by Crippen LogP contribution is -2.12. The van der Waals surface area contributed by atoms with Crippen molar-refractivity contribution in [2.45, 2.75) is 32.6 Å². The van der Waals surface area contributed by atoms with Gasteiger partial charge in [0.15, 0.2) is 0 Å². The number of hydrogen-bond acceptors (Lipinski definition) is 5. The van der Waals surface area contributed by atoms with Crippen LogP contribution in [0.3, 0.4) is 0 Å². The fourth-order valence-electron chi connectivity index (χ4n) is 1.32. The van der Waals surface area contributed by atoms with Crippen molar-refractivity contribution in [3.05, 3.63) is 0 Å². The minimum absolute atomic E-state index is 0.620. The molecule has 0 amide bonds. The molecule has 0 radical (unpaired) electrons. The molecule has 0 aliphatic rings. The number of thiol groups is 1. The zero-order valence-corrected chi connectivity index (χ0v) is 13.2. The van der Waals surface area contributed by atoms with Crippen molar-refractivity contribution < 1.29 is 18.9 Å². The van der Waals surface area contributed by atoms with E-state index >= 15 is 0 Å². The first-order chi connectivity index (χ1) is 9.41. The van der Waals surface area contributed by atoms with Crippen LogP contribution in [0.2, 0.25) is 0 Å². The van der Waals surface area contributed by atoms with Crippen LogP contribution in [0.1, 0.15) is 32.6 Å². The van der Waals surface area contributed by atoms with Crippen LogP contribution in [0.4, 0.5) is 0 Å². The predicted molar refractivity (Wildman–Crippen MR) is 81.3 cm³/mol. The molecule has 0 spiro atoms. The van der Waals surface area contributed by atoms with Gasteiger partial charge in [0.25, 0.3) is 0 Å². The van der Waals surface area contributed by atoms with Gasteiger partial charge in [-0.3, -0.25) is 0 Å². The van der Waals surface area contributed by atoms with Gasteiger partial charge in [0.2, 0.25) is 0 Å². The standard InChI is InChI=1S/C14H30O4S/c1-2-3-6-15-8-10-17-12-13-18-11-9-16-7-4-5-14-19/h19H,2-14H2,1H3. The van der Waals surface area contributed by atoms with Gasteiger partial charge in [0, 0.05) is 13.2 Å². The molecule has 116 valence electrons. The zero-order chi connectivity index (χ0) is 14.0. The van der Waals surface area contributed by atoms with Gasteiger partial charge in [-0.15, -0.1) is 0 Å². The molecule has 0 aliphatic carbocycles. The Morgan fingerprint density at radius 2 is 1.00 bits per heavy atom. The van der Waals surface area contributed by atoms with Gasteiger partial charge in [0.1, 0.15) is 0 Å². The summed E-state index contributed by atoms with van der Waals surface area (Å²) >= 11 is 4.14. The normalized spacial score (nSPS) is 11.1. The summed E-state index contributed by atoms with van der Waals surface area (Å²) in [5.41, 5.74) is 0.